The van der Waals surface area contributed by atoms with Crippen molar-refractivity contribution in [2.75, 3.05) is 20.3 Å². The molecule has 0 spiro atoms. The van der Waals surface area contributed by atoms with Crippen LogP contribution in [0.25, 0.3) is 0 Å². The van der Waals surface area contributed by atoms with Crippen molar-refractivity contribution in [3.63, 3.8) is 0 Å². The Balaban J connectivity index is 2.54. The molecule has 1 aromatic rings. The van der Waals surface area contributed by atoms with E-state index < -0.39 is 0 Å². The Morgan fingerprint density at radius 1 is 1.41 bits per heavy atom. The first-order chi connectivity index (χ1) is 8.17. The molecule has 0 bridgehead atoms. The number of rotatable bonds is 7. The summed E-state index contributed by atoms with van der Waals surface area (Å²) < 4.78 is 5.13. The van der Waals surface area contributed by atoms with Crippen LogP contribution in [0.1, 0.15) is 31.9 Å². The first-order valence-electron chi connectivity index (χ1n) is 6.15. The minimum absolute atomic E-state index is 0.369. The quantitative estimate of drug-likeness (QED) is 0.803. The van der Waals surface area contributed by atoms with Crippen molar-refractivity contribution in [1.82, 2.24) is 5.32 Å². The van der Waals surface area contributed by atoms with Crippen LogP contribution in [0.2, 0.25) is 5.02 Å². The van der Waals surface area contributed by atoms with Crippen LogP contribution < -0.4 is 5.32 Å². The van der Waals surface area contributed by atoms with Gasteiger partial charge in [0, 0.05) is 31.3 Å². The zero-order valence-electron chi connectivity index (χ0n) is 10.9. The lowest BCUT2D eigenvalue weighted by Crippen LogP contribution is -2.27. The Bertz CT molecular complexity index is 330. The SMILES string of the molecule is CCC(NCC(C)COC)c1cccc(Cl)c1. The van der Waals surface area contributed by atoms with E-state index in [1.54, 1.807) is 7.11 Å². The maximum absolute atomic E-state index is 6.01. The molecule has 0 aliphatic rings. The van der Waals surface area contributed by atoms with E-state index in [1.807, 2.05) is 18.2 Å². The van der Waals surface area contributed by atoms with Crippen LogP contribution in [0.15, 0.2) is 24.3 Å². The Kier molecular flexibility index (Phi) is 6.56. The third-order valence-electron chi connectivity index (χ3n) is 2.82. The summed E-state index contributed by atoms with van der Waals surface area (Å²) in [5, 5.41) is 4.36. The lowest BCUT2D eigenvalue weighted by molar-refractivity contribution is 0.156. The van der Waals surface area contributed by atoms with Gasteiger partial charge in [-0.3, -0.25) is 0 Å². The summed E-state index contributed by atoms with van der Waals surface area (Å²) in [6, 6.07) is 8.43. The third-order valence-corrected chi connectivity index (χ3v) is 3.06. The van der Waals surface area contributed by atoms with Crippen molar-refractivity contribution in [2.24, 2.45) is 5.92 Å². The summed E-state index contributed by atoms with van der Waals surface area (Å²) in [7, 11) is 1.74. The van der Waals surface area contributed by atoms with Crippen molar-refractivity contribution in [2.45, 2.75) is 26.3 Å². The average Bonchev–Trinajstić information content (AvgIpc) is 2.30. The van der Waals surface area contributed by atoms with Crippen LogP contribution in [0, 0.1) is 5.92 Å². The molecule has 0 aliphatic heterocycles. The zero-order chi connectivity index (χ0) is 12.7. The average molecular weight is 256 g/mol. The second kappa shape index (κ2) is 7.70. The Morgan fingerprint density at radius 3 is 2.76 bits per heavy atom. The summed E-state index contributed by atoms with van der Waals surface area (Å²) in [6.07, 6.45) is 1.06. The highest BCUT2D eigenvalue weighted by Gasteiger charge is 2.10. The van der Waals surface area contributed by atoms with Crippen molar-refractivity contribution in [3.05, 3.63) is 34.9 Å². The lowest BCUT2D eigenvalue weighted by Gasteiger charge is -2.20. The molecule has 0 radical (unpaired) electrons. The number of nitrogens with one attached hydrogen (secondary N) is 1. The summed E-state index contributed by atoms with van der Waals surface area (Å²) in [4.78, 5) is 0. The first kappa shape index (κ1) is 14.5. The van der Waals surface area contributed by atoms with Crippen molar-refractivity contribution >= 4 is 11.6 Å². The van der Waals surface area contributed by atoms with Crippen molar-refractivity contribution in [1.29, 1.82) is 0 Å². The van der Waals surface area contributed by atoms with Gasteiger partial charge in [-0.25, -0.2) is 0 Å². The fourth-order valence-electron chi connectivity index (χ4n) is 1.91. The Morgan fingerprint density at radius 2 is 2.18 bits per heavy atom. The number of ether oxygens (including phenoxy) is 1. The summed E-state index contributed by atoms with van der Waals surface area (Å²) >= 11 is 6.01. The molecule has 1 aromatic carbocycles. The summed E-state index contributed by atoms with van der Waals surface area (Å²) in [6.45, 7) is 6.11. The largest absolute Gasteiger partial charge is 0.384 e. The molecule has 96 valence electrons. The molecule has 3 heteroatoms. The predicted molar refractivity (Wildman–Crippen MR) is 73.5 cm³/mol. The third kappa shape index (κ3) is 5.07. The van der Waals surface area contributed by atoms with Gasteiger partial charge in [0.1, 0.15) is 0 Å². The standard InChI is InChI=1S/C14H22ClNO/c1-4-14(16-9-11(2)10-17-3)12-6-5-7-13(15)8-12/h5-8,11,14,16H,4,9-10H2,1-3H3. The van der Waals surface area contributed by atoms with E-state index in [0.29, 0.717) is 12.0 Å². The molecule has 0 amide bonds. The molecule has 2 atom stereocenters. The van der Waals surface area contributed by atoms with Gasteiger partial charge < -0.3 is 10.1 Å². The number of halogens is 1. The van der Waals surface area contributed by atoms with Crippen LogP contribution >= 0.6 is 11.6 Å². The van der Waals surface area contributed by atoms with Crippen LogP contribution in [-0.4, -0.2) is 20.3 Å². The zero-order valence-corrected chi connectivity index (χ0v) is 11.6. The van der Waals surface area contributed by atoms with Gasteiger partial charge in [-0.05, 0) is 30.0 Å². The Labute approximate surface area is 109 Å². The van der Waals surface area contributed by atoms with Gasteiger partial charge in [-0.2, -0.15) is 0 Å². The molecule has 2 unspecified atom stereocenters. The maximum Gasteiger partial charge on any atom is 0.0499 e. The molecule has 0 aromatic heterocycles. The second-order valence-corrected chi connectivity index (χ2v) is 4.92. The van der Waals surface area contributed by atoms with Crippen molar-refractivity contribution in [3.8, 4) is 0 Å². The topological polar surface area (TPSA) is 21.3 Å². The van der Waals surface area contributed by atoms with E-state index in [0.717, 1.165) is 24.6 Å². The molecule has 0 aliphatic carbocycles. The molecule has 0 heterocycles. The monoisotopic (exact) mass is 255 g/mol. The minimum atomic E-state index is 0.369. The van der Waals surface area contributed by atoms with E-state index in [4.69, 9.17) is 16.3 Å². The highest BCUT2D eigenvalue weighted by atomic mass is 35.5. The highest BCUT2D eigenvalue weighted by Crippen LogP contribution is 2.20. The lowest BCUT2D eigenvalue weighted by atomic mass is 10.0. The van der Waals surface area contributed by atoms with E-state index in [2.05, 4.69) is 25.2 Å². The predicted octanol–water partition coefficient (Wildman–Crippen LogP) is 3.66. The van der Waals surface area contributed by atoms with Gasteiger partial charge in [0.05, 0.1) is 0 Å². The fraction of sp³-hybridized carbons (Fsp3) is 0.571. The van der Waals surface area contributed by atoms with E-state index in [1.165, 1.54) is 5.56 Å². The normalized spacial score (nSPS) is 14.6. The second-order valence-electron chi connectivity index (χ2n) is 4.48. The number of benzene rings is 1. The molecule has 0 saturated heterocycles. The molecule has 0 fully saturated rings. The first-order valence-corrected chi connectivity index (χ1v) is 6.53. The van der Waals surface area contributed by atoms with Gasteiger partial charge in [0.25, 0.3) is 0 Å². The molecule has 2 nitrogen and oxygen atoms in total. The van der Waals surface area contributed by atoms with E-state index >= 15 is 0 Å². The van der Waals surface area contributed by atoms with Gasteiger partial charge in [-0.1, -0.05) is 37.6 Å². The van der Waals surface area contributed by atoms with Crippen LogP contribution in [-0.2, 0) is 4.74 Å². The van der Waals surface area contributed by atoms with E-state index in [-0.39, 0.29) is 0 Å². The molecule has 17 heavy (non-hydrogen) atoms. The smallest absolute Gasteiger partial charge is 0.0499 e. The fourth-order valence-corrected chi connectivity index (χ4v) is 2.11. The molecular formula is C14H22ClNO. The molecule has 1 N–H and O–H groups in total. The number of hydrogen-bond acceptors (Lipinski definition) is 2. The van der Waals surface area contributed by atoms with Crippen LogP contribution in [0.4, 0.5) is 0 Å². The summed E-state index contributed by atoms with van der Waals surface area (Å²) in [5.74, 6) is 0.522. The molecular weight excluding hydrogens is 234 g/mol. The van der Waals surface area contributed by atoms with Crippen LogP contribution in [0.5, 0.6) is 0 Å². The minimum Gasteiger partial charge on any atom is -0.384 e. The molecule has 1 rings (SSSR count). The number of hydrogen-bond donors (Lipinski definition) is 1. The van der Waals surface area contributed by atoms with Gasteiger partial charge in [-0.15, -0.1) is 0 Å². The van der Waals surface area contributed by atoms with Crippen molar-refractivity contribution < 1.29 is 4.74 Å². The maximum atomic E-state index is 6.01. The highest BCUT2D eigenvalue weighted by molar-refractivity contribution is 6.30. The molecule has 0 saturated carbocycles. The van der Waals surface area contributed by atoms with E-state index in [9.17, 15) is 0 Å². The van der Waals surface area contributed by atoms with Gasteiger partial charge in [0.15, 0.2) is 0 Å². The number of methoxy groups -OCH3 is 1. The van der Waals surface area contributed by atoms with Gasteiger partial charge in [0.2, 0.25) is 0 Å². The van der Waals surface area contributed by atoms with Gasteiger partial charge >= 0.3 is 0 Å². The van der Waals surface area contributed by atoms with Crippen LogP contribution in [0.3, 0.4) is 0 Å². The Hall–Kier alpha value is -0.570. The summed E-state index contributed by atoms with van der Waals surface area (Å²) in [5.41, 5.74) is 1.25.